The van der Waals surface area contributed by atoms with E-state index < -0.39 is 10.2 Å². The summed E-state index contributed by atoms with van der Waals surface area (Å²) in [4.78, 5) is 11.3. The summed E-state index contributed by atoms with van der Waals surface area (Å²) in [5, 5.41) is 7.56. The van der Waals surface area contributed by atoms with E-state index in [1.54, 1.807) is 32.0 Å². The highest BCUT2D eigenvalue weighted by Crippen LogP contribution is 2.23. The van der Waals surface area contributed by atoms with E-state index in [1.165, 1.54) is 0 Å². The lowest BCUT2D eigenvalue weighted by molar-refractivity contribution is -0.115. The fourth-order valence-electron chi connectivity index (χ4n) is 1.27. The van der Waals surface area contributed by atoms with Crippen LogP contribution in [0.5, 0.6) is 0 Å². The Balaban J connectivity index is 3.03. The number of carbonyl (C=O) groups excluding carboxylic acids is 1. The second-order valence-electron chi connectivity index (χ2n) is 3.53. The van der Waals surface area contributed by atoms with Crippen LogP contribution < -0.4 is 15.2 Å². The SMILES string of the molecule is CCC(=O)Nc1cccc(NS(N)(=O)=O)c1C. The molecular formula is C10H15N3O3S. The summed E-state index contributed by atoms with van der Waals surface area (Å²) < 4.78 is 24.0. The molecule has 1 amide bonds. The maximum absolute atomic E-state index is 11.3. The van der Waals surface area contributed by atoms with E-state index >= 15 is 0 Å². The first-order valence-electron chi connectivity index (χ1n) is 5.03. The van der Waals surface area contributed by atoms with Gasteiger partial charge in [-0.2, -0.15) is 8.42 Å². The van der Waals surface area contributed by atoms with Crippen LogP contribution in [0.2, 0.25) is 0 Å². The number of carbonyl (C=O) groups is 1. The van der Waals surface area contributed by atoms with Gasteiger partial charge in [0, 0.05) is 12.1 Å². The topological polar surface area (TPSA) is 101 Å². The van der Waals surface area contributed by atoms with Gasteiger partial charge in [0.05, 0.1) is 5.69 Å². The Morgan fingerprint density at radius 2 is 1.94 bits per heavy atom. The Hall–Kier alpha value is -1.60. The zero-order chi connectivity index (χ0) is 13.1. The zero-order valence-electron chi connectivity index (χ0n) is 9.65. The van der Waals surface area contributed by atoms with Crippen molar-refractivity contribution < 1.29 is 13.2 Å². The normalized spacial score (nSPS) is 11.0. The number of benzene rings is 1. The molecule has 0 aromatic heterocycles. The van der Waals surface area contributed by atoms with Gasteiger partial charge in [-0.1, -0.05) is 13.0 Å². The average Bonchev–Trinajstić information content (AvgIpc) is 2.22. The van der Waals surface area contributed by atoms with Gasteiger partial charge in [-0.3, -0.25) is 9.52 Å². The second kappa shape index (κ2) is 5.15. The van der Waals surface area contributed by atoms with Crippen LogP contribution in [-0.4, -0.2) is 14.3 Å². The van der Waals surface area contributed by atoms with Crippen LogP contribution >= 0.6 is 0 Å². The van der Waals surface area contributed by atoms with Gasteiger partial charge in [-0.25, -0.2) is 5.14 Å². The van der Waals surface area contributed by atoms with Gasteiger partial charge >= 0.3 is 0 Å². The Labute approximate surface area is 100 Å². The first-order chi connectivity index (χ1) is 7.83. The predicted octanol–water partition coefficient (Wildman–Crippen LogP) is 0.959. The van der Waals surface area contributed by atoms with Gasteiger partial charge in [0.25, 0.3) is 10.2 Å². The summed E-state index contributed by atoms with van der Waals surface area (Å²) >= 11 is 0. The molecule has 0 fully saturated rings. The van der Waals surface area contributed by atoms with Gasteiger partial charge in [-0.15, -0.1) is 0 Å². The van der Waals surface area contributed by atoms with Crippen molar-refractivity contribution in [3.63, 3.8) is 0 Å². The van der Waals surface area contributed by atoms with E-state index in [0.29, 0.717) is 23.4 Å². The van der Waals surface area contributed by atoms with E-state index in [9.17, 15) is 13.2 Å². The van der Waals surface area contributed by atoms with Gasteiger partial charge in [-0.05, 0) is 24.6 Å². The number of hydrogen-bond acceptors (Lipinski definition) is 3. The molecule has 0 spiro atoms. The monoisotopic (exact) mass is 257 g/mol. The number of nitrogens with one attached hydrogen (secondary N) is 2. The number of nitrogens with two attached hydrogens (primary N) is 1. The van der Waals surface area contributed by atoms with E-state index in [2.05, 4.69) is 10.0 Å². The molecule has 4 N–H and O–H groups in total. The third-order valence-electron chi connectivity index (χ3n) is 2.18. The summed E-state index contributed by atoms with van der Waals surface area (Å²) in [7, 11) is -3.81. The molecule has 6 nitrogen and oxygen atoms in total. The molecule has 94 valence electrons. The van der Waals surface area contributed by atoms with E-state index in [4.69, 9.17) is 5.14 Å². The smallest absolute Gasteiger partial charge is 0.296 e. The molecular weight excluding hydrogens is 242 g/mol. The van der Waals surface area contributed by atoms with Crippen molar-refractivity contribution in [2.45, 2.75) is 20.3 Å². The lowest BCUT2D eigenvalue weighted by Gasteiger charge is -2.12. The van der Waals surface area contributed by atoms with Crippen LogP contribution in [0.25, 0.3) is 0 Å². The lowest BCUT2D eigenvalue weighted by Crippen LogP contribution is -2.22. The summed E-state index contributed by atoms with van der Waals surface area (Å²) in [6, 6.07) is 4.89. The van der Waals surface area contributed by atoms with Crippen molar-refractivity contribution in [1.82, 2.24) is 0 Å². The highest BCUT2D eigenvalue weighted by atomic mass is 32.2. The predicted molar refractivity (Wildman–Crippen MR) is 66.8 cm³/mol. The number of rotatable bonds is 4. The average molecular weight is 257 g/mol. The molecule has 1 aromatic carbocycles. The minimum atomic E-state index is -3.81. The van der Waals surface area contributed by atoms with Crippen LogP contribution in [0, 0.1) is 6.92 Å². The van der Waals surface area contributed by atoms with Crippen LogP contribution in [0.1, 0.15) is 18.9 Å². The number of hydrogen-bond donors (Lipinski definition) is 3. The van der Waals surface area contributed by atoms with E-state index in [-0.39, 0.29) is 5.91 Å². The molecule has 1 aromatic rings. The molecule has 17 heavy (non-hydrogen) atoms. The Morgan fingerprint density at radius 1 is 1.35 bits per heavy atom. The third kappa shape index (κ3) is 4.04. The number of amides is 1. The molecule has 0 aliphatic heterocycles. The van der Waals surface area contributed by atoms with E-state index in [1.807, 2.05) is 0 Å². The van der Waals surface area contributed by atoms with Crippen LogP contribution in [0.4, 0.5) is 11.4 Å². The molecule has 0 bridgehead atoms. The van der Waals surface area contributed by atoms with Crippen LogP contribution in [-0.2, 0) is 15.0 Å². The molecule has 7 heteroatoms. The highest BCUT2D eigenvalue weighted by Gasteiger charge is 2.09. The fourth-order valence-corrected chi connectivity index (χ4v) is 1.80. The lowest BCUT2D eigenvalue weighted by atomic mass is 10.1. The minimum Gasteiger partial charge on any atom is -0.326 e. The largest absolute Gasteiger partial charge is 0.326 e. The van der Waals surface area contributed by atoms with Crippen molar-refractivity contribution in [2.75, 3.05) is 10.0 Å². The minimum absolute atomic E-state index is 0.138. The molecule has 0 heterocycles. The van der Waals surface area contributed by atoms with Crippen LogP contribution in [0.3, 0.4) is 0 Å². The Morgan fingerprint density at radius 3 is 2.47 bits per heavy atom. The quantitative estimate of drug-likeness (QED) is 0.748. The van der Waals surface area contributed by atoms with E-state index in [0.717, 1.165) is 0 Å². The van der Waals surface area contributed by atoms with Crippen molar-refractivity contribution >= 4 is 27.5 Å². The molecule has 0 atom stereocenters. The molecule has 0 aliphatic carbocycles. The fraction of sp³-hybridized carbons (Fsp3) is 0.300. The molecule has 0 radical (unpaired) electrons. The third-order valence-corrected chi connectivity index (χ3v) is 2.69. The Bertz CT molecular complexity index is 526. The molecule has 0 saturated heterocycles. The van der Waals surface area contributed by atoms with Crippen molar-refractivity contribution in [1.29, 1.82) is 0 Å². The summed E-state index contributed by atoms with van der Waals surface area (Å²) in [6.07, 6.45) is 0.353. The van der Waals surface area contributed by atoms with Gasteiger partial charge in [0.15, 0.2) is 0 Å². The van der Waals surface area contributed by atoms with Crippen molar-refractivity contribution in [3.05, 3.63) is 23.8 Å². The highest BCUT2D eigenvalue weighted by molar-refractivity contribution is 7.90. The standard InChI is InChI=1S/C10H15N3O3S/c1-3-10(14)12-8-5-4-6-9(7(8)2)13-17(11,15)16/h4-6,13H,3H2,1-2H3,(H,12,14)(H2,11,15,16). The summed E-state index contributed by atoms with van der Waals surface area (Å²) in [6.45, 7) is 3.43. The number of anilines is 2. The van der Waals surface area contributed by atoms with Gasteiger partial charge < -0.3 is 5.32 Å². The van der Waals surface area contributed by atoms with Crippen molar-refractivity contribution in [2.24, 2.45) is 5.14 Å². The first kappa shape index (κ1) is 13.5. The molecule has 0 saturated carbocycles. The van der Waals surface area contributed by atoms with Crippen LogP contribution in [0.15, 0.2) is 18.2 Å². The Kier molecular flexibility index (Phi) is 4.08. The first-order valence-corrected chi connectivity index (χ1v) is 6.58. The molecule has 0 unspecified atom stereocenters. The summed E-state index contributed by atoms with van der Waals surface area (Å²) in [5.74, 6) is -0.138. The zero-order valence-corrected chi connectivity index (χ0v) is 10.5. The summed E-state index contributed by atoms with van der Waals surface area (Å²) in [5.41, 5.74) is 1.52. The second-order valence-corrected chi connectivity index (χ2v) is 4.82. The molecule has 1 rings (SSSR count). The maximum atomic E-state index is 11.3. The maximum Gasteiger partial charge on any atom is 0.296 e. The van der Waals surface area contributed by atoms with Crippen molar-refractivity contribution in [3.8, 4) is 0 Å². The van der Waals surface area contributed by atoms with Gasteiger partial charge in [0.2, 0.25) is 5.91 Å². The molecule has 0 aliphatic rings. The van der Waals surface area contributed by atoms with Gasteiger partial charge in [0.1, 0.15) is 0 Å².